The van der Waals surface area contributed by atoms with Crippen molar-refractivity contribution in [3.8, 4) is 0 Å². The zero-order valence-corrected chi connectivity index (χ0v) is 9.57. The second-order valence-electron chi connectivity index (χ2n) is 4.24. The van der Waals surface area contributed by atoms with Crippen LogP contribution in [0.4, 0.5) is 18.9 Å². The van der Waals surface area contributed by atoms with Gasteiger partial charge in [-0.2, -0.15) is 13.2 Å². The molecular weight excluding hydrogens is 245 g/mol. The molecule has 1 atom stereocenters. The first-order valence-electron chi connectivity index (χ1n) is 5.64. The Morgan fingerprint density at radius 3 is 2.56 bits per heavy atom. The molecule has 1 aliphatic heterocycles. The summed E-state index contributed by atoms with van der Waals surface area (Å²) in [7, 11) is 0. The maximum absolute atomic E-state index is 12.1. The van der Waals surface area contributed by atoms with Gasteiger partial charge in [0.25, 0.3) is 0 Å². The molecule has 0 radical (unpaired) electrons. The first kappa shape index (κ1) is 12.7. The van der Waals surface area contributed by atoms with Crippen LogP contribution in [0.1, 0.15) is 6.42 Å². The van der Waals surface area contributed by atoms with Crippen LogP contribution in [0.15, 0.2) is 30.3 Å². The number of carbonyl (C=O) groups excluding carboxylic acids is 1. The van der Waals surface area contributed by atoms with Gasteiger partial charge in [0, 0.05) is 24.8 Å². The maximum Gasteiger partial charge on any atom is 0.471 e. The summed E-state index contributed by atoms with van der Waals surface area (Å²) in [6.07, 6.45) is -4.28. The number of rotatable bonds is 2. The zero-order chi connectivity index (χ0) is 13.2. The predicted octanol–water partition coefficient (Wildman–Crippen LogP) is 1.94. The monoisotopic (exact) mass is 258 g/mol. The normalized spacial score (nSPS) is 19.9. The van der Waals surface area contributed by atoms with Crippen molar-refractivity contribution in [3.05, 3.63) is 30.3 Å². The molecule has 1 aromatic carbocycles. The molecule has 1 saturated heterocycles. The Labute approximate surface area is 103 Å². The summed E-state index contributed by atoms with van der Waals surface area (Å²) in [5, 5.41) is 2.01. The van der Waals surface area contributed by atoms with Gasteiger partial charge >= 0.3 is 12.1 Å². The van der Waals surface area contributed by atoms with Crippen LogP contribution in [-0.2, 0) is 4.79 Å². The van der Waals surface area contributed by atoms with E-state index in [9.17, 15) is 18.0 Å². The SMILES string of the molecule is O=C(N[C@H]1CCN(c2ccccc2)C1)C(F)(F)F. The minimum atomic E-state index is -4.81. The third-order valence-corrected chi connectivity index (χ3v) is 2.90. The van der Waals surface area contributed by atoms with E-state index < -0.39 is 18.1 Å². The molecule has 0 aliphatic carbocycles. The van der Waals surface area contributed by atoms with Gasteiger partial charge in [-0.1, -0.05) is 18.2 Å². The van der Waals surface area contributed by atoms with Gasteiger partial charge in [0.15, 0.2) is 0 Å². The summed E-state index contributed by atoms with van der Waals surface area (Å²) in [5.74, 6) is -1.86. The highest BCUT2D eigenvalue weighted by Crippen LogP contribution is 2.21. The van der Waals surface area contributed by atoms with E-state index in [4.69, 9.17) is 0 Å². The molecule has 0 saturated carbocycles. The molecule has 6 heteroatoms. The largest absolute Gasteiger partial charge is 0.471 e. The molecule has 1 fully saturated rings. The van der Waals surface area contributed by atoms with E-state index in [0.29, 0.717) is 19.5 Å². The predicted molar refractivity (Wildman–Crippen MR) is 61.3 cm³/mol. The molecule has 0 bridgehead atoms. The van der Waals surface area contributed by atoms with E-state index in [1.165, 1.54) is 0 Å². The van der Waals surface area contributed by atoms with Crippen LogP contribution >= 0.6 is 0 Å². The Kier molecular flexibility index (Phi) is 3.45. The van der Waals surface area contributed by atoms with Gasteiger partial charge in [0.2, 0.25) is 0 Å². The van der Waals surface area contributed by atoms with Crippen molar-refractivity contribution >= 4 is 11.6 Å². The fourth-order valence-electron chi connectivity index (χ4n) is 2.02. The molecule has 0 spiro atoms. The van der Waals surface area contributed by atoms with E-state index in [1.807, 2.05) is 40.5 Å². The number of benzene rings is 1. The Morgan fingerprint density at radius 2 is 1.94 bits per heavy atom. The zero-order valence-electron chi connectivity index (χ0n) is 9.57. The number of amides is 1. The lowest BCUT2D eigenvalue weighted by Gasteiger charge is -2.19. The third kappa shape index (κ3) is 2.94. The molecule has 2 rings (SSSR count). The van der Waals surface area contributed by atoms with Gasteiger partial charge in [0.05, 0.1) is 0 Å². The van der Waals surface area contributed by atoms with E-state index in [1.54, 1.807) is 0 Å². The van der Waals surface area contributed by atoms with Crippen LogP contribution in [0.25, 0.3) is 0 Å². The number of halogens is 3. The highest BCUT2D eigenvalue weighted by atomic mass is 19.4. The van der Waals surface area contributed by atoms with Gasteiger partial charge in [-0.15, -0.1) is 0 Å². The van der Waals surface area contributed by atoms with E-state index in [0.717, 1.165) is 5.69 Å². The summed E-state index contributed by atoms with van der Waals surface area (Å²) in [4.78, 5) is 12.8. The Morgan fingerprint density at radius 1 is 1.28 bits per heavy atom. The maximum atomic E-state index is 12.1. The first-order chi connectivity index (χ1) is 8.47. The Hall–Kier alpha value is -1.72. The van der Waals surface area contributed by atoms with E-state index in [-0.39, 0.29) is 0 Å². The van der Waals surface area contributed by atoms with Gasteiger partial charge in [-0.05, 0) is 18.6 Å². The topological polar surface area (TPSA) is 32.3 Å². The number of nitrogens with one attached hydrogen (secondary N) is 1. The van der Waals surface area contributed by atoms with Crippen LogP contribution in [0.5, 0.6) is 0 Å². The van der Waals surface area contributed by atoms with Crippen molar-refractivity contribution in [2.45, 2.75) is 18.6 Å². The van der Waals surface area contributed by atoms with Crippen LogP contribution in [-0.4, -0.2) is 31.2 Å². The molecule has 18 heavy (non-hydrogen) atoms. The standard InChI is InChI=1S/C12H13F3N2O/c13-12(14,15)11(18)16-9-6-7-17(8-9)10-4-2-1-3-5-10/h1-5,9H,6-8H2,(H,16,18)/t9-/m0/s1. The molecule has 1 amide bonds. The van der Waals surface area contributed by atoms with Crippen LogP contribution in [0, 0.1) is 0 Å². The first-order valence-corrected chi connectivity index (χ1v) is 5.64. The van der Waals surface area contributed by atoms with Crippen molar-refractivity contribution in [2.24, 2.45) is 0 Å². The lowest BCUT2D eigenvalue weighted by Crippen LogP contribution is -2.44. The molecule has 1 N–H and O–H groups in total. The van der Waals surface area contributed by atoms with Crippen molar-refractivity contribution in [2.75, 3.05) is 18.0 Å². The van der Waals surface area contributed by atoms with Gasteiger partial charge < -0.3 is 10.2 Å². The minimum Gasteiger partial charge on any atom is -0.369 e. The number of nitrogens with zero attached hydrogens (tertiary/aromatic N) is 1. The van der Waals surface area contributed by atoms with Crippen molar-refractivity contribution < 1.29 is 18.0 Å². The van der Waals surface area contributed by atoms with E-state index >= 15 is 0 Å². The van der Waals surface area contributed by atoms with Crippen LogP contribution < -0.4 is 10.2 Å². The number of hydrogen-bond acceptors (Lipinski definition) is 2. The number of carbonyl (C=O) groups is 1. The second-order valence-corrected chi connectivity index (χ2v) is 4.24. The highest BCUT2D eigenvalue weighted by molar-refractivity contribution is 5.82. The summed E-state index contributed by atoms with van der Waals surface area (Å²) in [6, 6.07) is 8.97. The van der Waals surface area contributed by atoms with Crippen LogP contribution in [0.3, 0.4) is 0 Å². The van der Waals surface area contributed by atoms with Gasteiger partial charge in [-0.3, -0.25) is 4.79 Å². The molecule has 0 unspecified atom stereocenters. The lowest BCUT2D eigenvalue weighted by atomic mass is 10.2. The third-order valence-electron chi connectivity index (χ3n) is 2.90. The summed E-state index contributed by atoms with van der Waals surface area (Å²) < 4.78 is 36.3. The van der Waals surface area contributed by atoms with Crippen molar-refractivity contribution in [3.63, 3.8) is 0 Å². The minimum absolute atomic E-state index is 0.409. The number of para-hydroxylation sites is 1. The van der Waals surface area contributed by atoms with Crippen molar-refractivity contribution in [1.82, 2.24) is 5.32 Å². The molecule has 3 nitrogen and oxygen atoms in total. The quantitative estimate of drug-likeness (QED) is 0.879. The van der Waals surface area contributed by atoms with Gasteiger partial charge in [0.1, 0.15) is 0 Å². The molecule has 1 aromatic rings. The number of hydrogen-bond donors (Lipinski definition) is 1. The Bertz CT molecular complexity index is 419. The second kappa shape index (κ2) is 4.88. The average molecular weight is 258 g/mol. The van der Waals surface area contributed by atoms with Crippen molar-refractivity contribution in [1.29, 1.82) is 0 Å². The van der Waals surface area contributed by atoms with Gasteiger partial charge in [-0.25, -0.2) is 0 Å². The molecule has 1 heterocycles. The summed E-state index contributed by atoms with van der Waals surface area (Å²) in [6.45, 7) is 1.05. The lowest BCUT2D eigenvalue weighted by molar-refractivity contribution is -0.174. The number of anilines is 1. The summed E-state index contributed by atoms with van der Waals surface area (Å²) in [5.41, 5.74) is 0.959. The number of alkyl halides is 3. The molecular formula is C12H13F3N2O. The average Bonchev–Trinajstić information content (AvgIpc) is 2.77. The smallest absolute Gasteiger partial charge is 0.369 e. The highest BCUT2D eigenvalue weighted by Gasteiger charge is 2.40. The Balaban J connectivity index is 1.92. The van der Waals surface area contributed by atoms with Crippen LogP contribution in [0.2, 0.25) is 0 Å². The summed E-state index contributed by atoms with van der Waals surface area (Å²) >= 11 is 0. The van der Waals surface area contributed by atoms with E-state index in [2.05, 4.69) is 0 Å². The fraction of sp³-hybridized carbons (Fsp3) is 0.417. The fourth-order valence-corrected chi connectivity index (χ4v) is 2.02. The molecule has 0 aromatic heterocycles. The molecule has 98 valence electrons. The molecule has 1 aliphatic rings.